The van der Waals surface area contributed by atoms with Gasteiger partial charge in [-0.05, 0) is 13.0 Å². The first-order valence-electron chi connectivity index (χ1n) is 7.19. The monoisotopic (exact) mass is 420 g/mol. The molecule has 146 valence electrons. The molecule has 1 aromatic carbocycles. The molecule has 0 spiro atoms. The molecule has 27 heavy (non-hydrogen) atoms. The molecule has 11 heteroatoms. The topological polar surface area (TPSA) is 111 Å². The summed E-state index contributed by atoms with van der Waals surface area (Å²) in [4.78, 5) is -0.647. The number of rotatable bonds is 7. The van der Waals surface area contributed by atoms with Crippen molar-refractivity contribution in [2.75, 3.05) is 6.61 Å². The second-order valence-corrected chi connectivity index (χ2v) is 8.47. The van der Waals surface area contributed by atoms with Crippen LogP contribution in [0.2, 0.25) is 0 Å². The van der Waals surface area contributed by atoms with Crippen LogP contribution >= 0.6 is 0 Å². The minimum absolute atomic E-state index is 0.117. The summed E-state index contributed by atoms with van der Waals surface area (Å²) in [5.74, 6) is 0.117. The van der Waals surface area contributed by atoms with Gasteiger partial charge >= 0.3 is 15.4 Å². The summed E-state index contributed by atoms with van der Waals surface area (Å²) in [6, 6.07) is 6.85. The third-order valence-electron chi connectivity index (χ3n) is 3.45. The van der Waals surface area contributed by atoms with Gasteiger partial charge in [0.2, 0.25) is 0 Å². The smallest absolute Gasteiger partial charge is 0.393 e. The molecule has 0 fully saturated rings. The van der Waals surface area contributed by atoms with E-state index in [1.54, 1.807) is 31.2 Å². The van der Waals surface area contributed by atoms with Gasteiger partial charge in [0.1, 0.15) is 22.9 Å². The first kappa shape index (κ1) is 21.0. The van der Waals surface area contributed by atoms with Gasteiger partial charge in [-0.2, -0.15) is 25.6 Å². The van der Waals surface area contributed by atoms with Gasteiger partial charge < -0.3 is 4.42 Å². The molecule has 0 radical (unpaired) electrons. The van der Waals surface area contributed by atoms with Crippen LogP contribution in [0.4, 0.5) is 8.78 Å². The first-order valence-corrected chi connectivity index (χ1v) is 10.0. The Hall–Kier alpha value is -2.30. The highest BCUT2D eigenvalue weighted by Gasteiger charge is 2.46. The van der Waals surface area contributed by atoms with E-state index in [0.29, 0.717) is 16.5 Å². The van der Waals surface area contributed by atoms with Crippen molar-refractivity contribution in [2.24, 2.45) is 0 Å². The molecular weight excluding hydrogens is 406 g/mol. The van der Waals surface area contributed by atoms with Gasteiger partial charge in [0.25, 0.3) is 10.1 Å². The van der Waals surface area contributed by atoms with E-state index in [-0.39, 0.29) is 5.76 Å². The molecule has 0 unspecified atom stereocenters. The normalized spacial score (nSPS) is 13.6. The summed E-state index contributed by atoms with van der Waals surface area (Å²) in [6.07, 6.45) is 1.85. The van der Waals surface area contributed by atoms with E-state index in [4.69, 9.17) is 8.97 Å². The lowest BCUT2D eigenvalue weighted by molar-refractivity contribution is 0.0317. The molecule has 0 aliphatic carbocycles. The lowest BCUT2D eigenvalue weighted by Gasteiger charge is -2.13. The van der Waals surface area contributed by atoms with Crippen LogP contribution in [-0.2, 0) is 24.4 Å². The van der Waals surface area contributed by atoms with Gasteiger partial charge in [0.05, 0.1) is 0 Å². The highest BCUT2D eigenvalue weighted by Crippen LogP contribution is 2.29. The SMILES string of the molecule is C=C=CC(=Cc1oc2ccccc2c1C)S(=O)(=O)OCC(F)(F)S(=O)(=O)O. The maximum absolute atomic E-state index is 13.2. The number of allylic oxidation sites excluding steroid dienone is 1. The molecule has 1 N–H and O–H groups in total. The van der Waals surface area contributed by atoms with E-state index in [1.165, 1.54) is 0 Å². The second kappa shape index (κ2) is 7.37. The third-order valence-corrected chi connectivity index (χ3v) is 5.56. The largest absolute Gasteiger partial charge is 0.456 e. The fourth-order valence-electron chi connectivity index (χ4n) is 2.04. The second-order valence-electron chi connectivity index (χ2n) is 5.31. The predicted molar refractivity (Wildman–Crippen MR) is 94.0 cm³/mol. The molecule has 0 amide bonds. The minimum atomic E-state index is -5.84. The lowest BCUT2D eigenvalue weighted by Crippen LogP contribution is -2.34. The van der Waals surface area contributed by atoms with Gasteiger partial charge in [-0.25, -0.2) is 0 Å². The molecule has 0 bridgehead atoms. The number of fused-ring (bicyclic) bond motifs is 1. The van der Waals surface area contributed by atoms with Crippen LogP contribution in [0.1, 0.15) is 11.3 Å². The molecule has 2 rings (SSSR count). The molecule has 0 atom stereocenters. The van der Waals surface area contributed by atoms with Gasteiger partial charge in [-0.1, -0.05) is 24.8 Å². The van der Waals surface area contributed by atoms with Crippen molar-refractivity contribution in [1.82, 2.24) is 0 Å². The maximum Gasteiger partial charge on any atom is 0.393 e. The standard InChI is InChI=1S/C16H14F2O7S2/c1-3-6-12(26(19,20)24-10-16(17,18)27(21,22)23)9-15-11(2)13-7-4-5-8-14(13)25-15/h4-9H,1,10H2,2H3,(H,21,22,23). The number of aryl methyl sites for hydroxylation is 1. The van der Waals surface area contributed by atoms with Crippen molar-refractivity contribution < 1.29 is 38.8 Å². The first-order chi connectivity index (χ1) is 12.4. The predicted octanol–water partition coefficient (Wildman–Crippen LogP) is 3.25. The zero-order valence-corrected chi connectivity index (χ0v) is 15.5. The van der Waals surface area contributed by atoms with E-state index in [2.05, 4.69) is 16.5 Å². The van der Waals surface area contributed by atoms with Gasteiger partial charge in [0.15, 0.2) is 0 Å². The molecule has 0 saturated carbocycles. The van der Waals surface area contributed by atoms with Gasteiger partial charge in [0, 0.05) is 23.1 Å². The molecule has 7 nitrogen and oxygen atoms in total. The summed E-state index contributed by atoms with van der Waals surface area (Å²) >= 11 is 0. The lowest BCUT2D eigenvalue weighted by atomic mass is 10.1. The number of para-hydroxylation sites is 1. The van der Waals surface area contributed by atoms with Crippen LogP contribution in [0, 0.1) is 6.92 Å². The summed E-state index contributed by atoms with van der Waals surface area (Å²) in [7, 11) is -10.7. The van der Waals surface area contributed by atoms with Crippen LogP contribution < -0.4 is 0 Å². The van der Waals surface area contributed by atoms with Crippen molar-refractivity contribution >= 4 is 37.3 Å². The number of hydrogen-bond donors (Lipinski definition) is 1. The van der Waals surface area contributed by atoms with Crippen LogP contribution in [0.25, 0.3) is 17.0 Å². The number of halogens is 2. The van der Waals surface area contributed by atoms with Gasteiger partial charge in [-0.3, -0.25) is 8.74 Å². The highest BCUT2D eigenvalue weighted by atomic mass is 32.2. The van der Waals surface area contributed by atoms with E-state index in [0.717, 1.165) is 12.2 Å². The number of furan rings is 1. The quantitative estimate of drug-likeness (QED) is 0.317. The fraction of sp³-hybridized carbons (Fsp3) is 0.188. The van der Waals surface area contributed by atoms with Crippen molar-refractivity contribution in [3.8, 4) is 0 Å². The van der Waals surface area contributed by atoms with Crippen molar-refractivity contribution in [2.45, 2.75) is 12.2 Å². The number of alkyl halides is 2. The molecule has 1 heterocycles. The number of hydrogen-bond acceptors (Lipinski definition) is 6. The maximum atomic E-state index is 13.2. The van der Waals surface area contributed by atoms with Crippen molar-refractivity contribution in [3.05, 3.63) is 58.9 Å². The van der Waals surface area contributed by atoms with E-state index in [1.807, 2.05) is 0 Å². The Bertz CT molecular complexity index is 1150. The van der Waals surface area contributed by atoms with E-state index < -0.39 is 37.0 Å². The molecular formula is C16H14F2O7S2. The molecule has 0 saturated heterocycles. The summed E-state index contributed by atoms with van der Waals surface area (Å²) in [6.45, 7) is 2.77. The minimum Gasteiger partial charge on any atom is -0.456 e. The zero-order chi connectivity index (χ0) is 20.5. The fourth-order valence-corrected chi connectivity index (χ4v) is 3.24. The average Bonchev–Trinajstić information content (AvgIpc) is 2.88. The molecule has 0 aliphatic heterocycles. The van der Waals surface area contributed by atoms with Crippen molar-refractivity contribution in [1.29, 1.82) is 0 Å². The Morgan fingerprint density at radius 2 is 1.96 bits per heavy atom. The molecule has 2 aromatic rings. The van der Waals surface area contributed by atoms with E-state index in [9.17, 15) is 25.6 Å². The van der Waals surface area contributed by atoms with Crippen LogP contribution in [0.3, 0.4) is 0 Å². The summed E-state index contributed by atoms with van der Waals surface area (Å²) in [5.41, 5.74) is 3.23. The van der Waals surface area contributed by atoms with Crippen LogP contribution in [0.15, 0.2) is 52.0 Å². The van der Waals surface area contributed by atoms with Crippen LogP contribution in [-0.4, -0.2) is 33.2 Å². The summed E-state index contributed by atoms with van der Waals surface area (Å²) in [5, 5.41) is -4.10. The summed E-state index contributed by atoms with van der Waals surface area (Å²) < 4.78 is 90.0. The Morgan fingerprint density at radius 3 is 2.52 bits per heavy atom. The molecule has 1 aromatic heterocycles. The van der Waals surface area contributed by atoms with Crippen LogP contribution in [0.5, 0.6) is 0 Å². The Balaban J connectivity index is 2.44. The average molecular weight is 420 g/mol. The Kier molecular flexibility index (Phi) is 5.74. The zero-order valence-electron chi connectivity index (χ0n) is 13.8. The Morgan fingerprint density at radius 1 is 1.33 bits per heavy atom. The highest BCUT2D eigenvalue weighted by molar-refractivity contribution is 7.91. The molecule has 0 aliphatic rings. The Labute approximate surface area is 154 Å². The third kappa shape index (κ3) is 4.52. The van der Waals surface area contributed by atoms with Gasteiger partial charge in [-0.15, -0.1) is 5.73 Å². The number of benzene rings is 1. The van der Waals surface area contributed by atoms with Crippen molar-refractivity contribution in [3.63, 3.8) is 0 Å². The van der Waals surface area contributed by atoms with E-state index >= 15 is 0 Å².